The molecule has 9 nitrogen and oxygen atoms in total. The Morgan fingerprint density at radius 1 is 1.07 bits per heavy atom. The Balaban J connectivity index is 2.14. The summed E-state index contributed by atoms with van der Waals surface area (Å²) < 4.78 is 10.3. The van der Waals surface area contributed by atoms with Gasteiger partial charge in [-0.15, -0.1) is 0 Å². The highest BCUT2D eigenvalue weighted by atomic mass is 16.5. The largest absolute Gasteiger partial charge is 0.463 e. The second-order valence-electron chi connectivity index (χ2n) is 6.01. The van der Waals surface area contributed by atoms with Crippen molar-refractivity contribution >= 4 is 29.6 Å². The van der Waals surface area contributed by atoms with Crippen LogP contribution in [0.25, 0.3) is 0 Å². The van der Waals surface area contributed by atoms with Gasteiger partial charge in [0.15, 0.2) is 0 Å². The van der Waals surface area contributed by atoms with E-state index in [2.05, 4.69) is 16.0 Å². The monoisotopic (exact) mass is 389 g/mol. The third-order valence-corrected chi connectivity index (χ3v) is 3.94. The zero-order valence-corrected chi connectivity index (χ0v) is 16.0. The molecular formula is C19H23N3O6. The minimum Gasteiger partial charge on any atom is -0.463 e. The highest BCUT2D eigenvalue weighted by Gasteiger charge is 2.32. The van der Waals surface area contributed by atoms with Crippen LogP contribution in [0.1, 0.15) is 37.6 Å². The van der Waals surface area contributed by atoms with Crippen LogP contribution >= 0.6 is 0 Å². The van der Waals surface area contributed by atoms with Gasteiger partial charge >= 0.3 is 18.0 Å². The summed E-state index contributed by atoms with van der Waals surface area (Å²) in [7, 11) is 0. The van der Waals surface area contributed by atoms with Gasteiger partial charge in [-0.3, -0.25) is 4.79 Å². The van der Waals surface area contributed by atoms with Gasteiger partial charge in [0.25, 0.3) is 0 Å². The van der Waals surface area contributed by atoms with Crippen LogP contribution in [-0.2, 0) is 19.1 Å². The first-order chi connectivity index (χ1) is 13.3. The van der Waals surface area contributed by atoms with Crippen molar-refractivity contribution in [2.24, 2.45) is 0 Å². The summed E-state index contributed by atoms with van der Waals surface area (Å²) in [4.78, 5) is 47.4. The van der Waals surface area contributed by atoms with Crippen LogP contribution in [0, 0.1) is 0 Å². The molecule has 1 aromatic rings. The van der Waals surface area contributed by atoms with Gasteiger partial charge in [0.05, 0.1) is 29.5 Å². The lowest BCUT2D eigenvalue weighted by Crippen LogP contribution is -2.51. The molecule has 3 amide bonds. The number of carbonyl (C=O) groups is 4. The molecule has 0 saturated carbocycles. The van der Waals surface area contributed by atoms with E-state index in [0.717, 1.165) is 0 Å². The molecule has 1 aliphatic rings. The van der Waals surface area contributed by atoms with E-state index in [9.17, 15) is 19.2 Å². The average molecular weight is 389 g/mol. The molecule has 1 atom stereocenters. The Kier molecular flexibility index (Phi) is 7.14. The Labute approximate surface area is 162 Å². The maximum atomic E-state index is 12.3. The molecule has 0 aromatic heterocycles. The predicted octanol–water partition coefficient (Wildman–Crippen LogP) is 1.71. The van der Waals surface area contributed by atoms with Crippen molar-refractivity contribution in [1.82, 2.24) is 10.6 Å². The van der Waals surface area contributed by atoms with Crippen molar-refractivity contribution < 1.29 is 28.7 Å². The molecule has 0 fully saturated rings. The number of hydrogen-bond donors (Lipinski definition) is 3. The first-order valence-corrected chi connectivity index (χ1v) is 8.88. The first kappa shape index (κ1) is 20.9. The molecule has 3 N–H and O–H groups in total. The molecule has 1 heterocycles. The molecule has 9 heteroatoms. The quantitative estimate of drug-likeness (QED) is 0.610. The maximum absolute atomic E-state index is 12.3. The average Bonchev–Trinajstić information content (AvgIpc) is 2.65. The number of urea groups is 1. The third-order valence-electron chi connectivity index (χ3n) is 3.94. The second-order valence-corrected chi connectivity index (χ2v) is 6.01. The summed E-state index contributed by atoms with van der Waals surface area (Å²) in [5.74, 6) is -1.43. The van der Waals surface area contributed by atoms with E-state index in [1.54, 1.807) is 19.1 Å². The van der Waals surface area contributed by atoms with Gasteiger partial charge in [0.2, 0.25) is 5.91 Å². The summed E-state index contributed by atoms with van der Waals surface area (Å²) in [5, 5.41) is 7.75. The number of hydrogen-bond acceptors (Lipinski definition) is 6. The number of nitrogens with one attached hydrogen (secondary N) is 3. The minimum atomic E-state index is -0.633. The highest BCUT2D eigenvalue weighted by molar-refractivity contribution is 5.95. The molecule has 2 rings (SSSR count). The Bertz CT molecular complexity index is 800. The van der Waals surface area contributed by atoms with E-state index < -0.39 is 24.0 Å². The molecule has 0 saturated heterocycles. The van der Waals surface area contributed by atoms with Crippen LogP contribution in [0.15, 0.2) is 35.5 Å². The summed E-state index contributed by atoms with van der Waals surface area (Å²) in [5.41, 5.74) is 1.24. The standard InChI is InChI=1S/C19H23N3O6/c1-4-14-16(18(25)27-5-2)15(22-19(26)21-14)10-28-17(24)12-6-8-13(9-7-12)20-11(3)23/h6-9,14H,4-5,10H2,1-3H3,(H,20,23)(H2,21,22,26)/t14-/m1/s1. The van der Waals surface area contributed by atoms with Crippen molar-refractivity contribution in [2.75, 3.05) is 18.5 Å². The van der Waals surface area contributed by atoms with Gasteiger partial charge in [-0.05, 0) is 37.6 Å². The number of carbonyl (C=O) groups excluding carboxylic acids is 4. The Morgan fingerprint density at radius 2 is 1.75 bits per heavy atom. The summed E-state index contributed by atoms with van der Waals surface area (Å²) >= 11 is 0. The van der Waals surface area contributed by atoms with Gasteiger partial charge in [-0.25, -0.2) is 14.4 Å². The normalized spacial score (nSPS) is 16.0. The number of amides is 3. The van der Waals surface area contributed by atoms with Crippen molar-refractivity contribution in [3.05, 3.63) is 41.1 Å². The molecule has 1 aromatic carbocycles. The van der Waals surface area contributed by atoms with Gasteiger partial charge in [0.1, 0.15) is 6.61 Å². The number of anilines is 1. The molecule has 0 aliphatic carbocycles. The van der Waals surface area contributed by atoms with E-state index in [4.69, 9.17) is 9.47 Å². The zero-order chi connectivity index (χ0) is 20.7. The van der Waals surface area contributed by atoms with Crippen LogP contribution in [0.2, 0.25) is 0 Å². The topological polar surface area (TPSA) is 123 Å². The lowest BCUT2D eigenvalue weighted by Gasteiger charge is -2.28. The summed E-state index contributed by atoms with van der Waals surface area (Å²) in [6.07, 6.45) is 0.476. The van der Waals surface area contributed by atoms with Gasteiger partial charge in [-0.1, -0.05) is 6.92 Å². The van der Waals surface area contributed by atoms with Crippen LogP contribution < -0.4 is 16.0 Å². The molecule has 0 unspecified atom stereocenters. The van der Waals surface area contributed by atoms with Crippen molar-refractivity contribution in [2.45, 2.75) is 33.2 Å². The van der Waals surface area contributed by atoms with Crippen molar-refractivity contribution in [3.8, 4) is 0 Å². The van der Waals surface area contributed by atoms with E-state index in [-0.39, 0.29) is 36.0 Å². The lowest BCUT2D eigenvalue weighted by molar-refractivity contribution is -0.139. The van der Waals surface area contributed by atoms with E-state index in [0.29, 0.717) is 12.1 Å². The third kappa shape index (κ3) is 5.32. The molecule has 1 aliphatic heterocycles. The first-order valence-electron chi connectivity index (χ1n) is 8.88. The number of esters is 2. The summed E-state index contributed by atoms with van der Waals surface area (Å²) in [6.45, 7) is 4.77. The Morgan fingerprint density at radius 3 is 2.32 bits per heavy atom. The van der Waals surface area contributed by atoms with Gasteiger partial charge < -0.3 is 25.4 Å². The molecule has 0 radical (unpaired) electrons. The van der Waals surface area contributed by atoms with E-state index in [1.165, 1.54) is 19.1 Å². The van der Waals surface area contributed by atoms with Gasteiger partial charge in [-0.2, -0.15) is 0 Å². The fraction of sp³-hybridized carbons (Fsp3) is 0.368. The van der Waals surface area contributed by atoms with E-state index >= 15 is 0 Å². The molecule has 0 spiro atoms. The fourth-order valence-electron chi connectivity index (χ4n) is 2.69. The molecule has 0 bridgehead atoms. The number of ether oxygens (including phenoxy) is 2. The molecule has 150 valence electrons. The Hall–Kier alpha value is -3.36. The fourth-order valence-corrected chi connectivity index (χ4v) is 2.69. The predicted molar refractivity (Wildman–Crippen MR) is 100 cm³/mol. The van der Waals surface area contributed by atoms with Gasteiger partial charge in [0, 0.05) is 12.6 Å². The minimum absolute atomic E-state index is 0.181. The maximum Gasteiger partial charge on any atom is 0.338 e. The molecule has 28 heavy (non-hydrogen) atoms. The number of benzene rings is 1. The smallest absolute Gasteiger partial charge is 0.338 e. The van der Waals surface area contributed by atoms with Crippen LogP contribution in [-0.4, -0.2) is 43.1 Å². The van der Waals surface area contributed by atoms with Crippen LogP contribution in [0.3, 0.4) is 0 Å². The zero-order valence-electron chi connectivity index (χ0n) is 16.0. The number of rotatable bonds is 7. The lowest BCUT2D eigenvalue weighted by atomic mass is 10.0. The van der Waals surface area contributed by atoms with E-state index in [1.807, 2.05) is 6.92 Å². The molecular weight excluding hydrogens is 366 g/mol. The van der Waals surface area contributed by atoms with Crippen molar-refractivity contribution in [3.63, 3.8) is 0 Å². The summed E-state index contributed by atoms with van der Waals surface area (Å²) in [6, 6.07) is 5.14. The van der Waals surface area contributed by atoms with Crippen molar-refractivity contribution in [1.29, 1.82) is 0 Å². The second kappa shape index (κ2) is 9.54. The van der Waals surface area contributed by atoms with Crippen LogP contribution in [0.4, 0.5) is 10.5 Å². The highest BCUT2D eigenvalue weighted by Crippen LogP contribution is 2.18. The SMILES string of the molecule is CCOC(=O)C1=C(COC(=O)c2ccc(NC(C)=O)cc2)NC(=O)N[C@@H]1CC. The van der Waals surface area contributed by atoms with Crippen LogP contribution in [0.5, 0.6) is 0 Å².